The van der Waals surface area contributed by atoms with Crippen LogP contribution in [0, 0.1) is 6.92 Å². The van der Waals surface area contributed by atoms with Crippen LogP contribution >= 0.6 is 11.8 Å². The predicted molar refractivity (Wildman–Crippen MR) is 74.3 cm³/mol. The number of hydrogen-bond donors (Lipinski definition) is 1. The van der Waals surface area contributed by atoms with Gasteiger partial charge in [0, 0.05) is 48.6 Å². The Bertz CT molecular complexity index is 352. The van der Waals surface area contributed by atoms with Gasteiger partial charge >= 0.3 is 0 Å². The van der Waals surface area contributed by atoms with Gasteiger partial charge in [-0.15, -0.1) is 0 Å². The summed E-state index contributed by atoms with van der Waals surface area (Å²) < 4.78 is 0. The minimum absolute atomic E-state index is 0.325. The van der Waals surface area contributed by atoms with Crippen LogP contribution in [0.2, 0.25) is 0 Å². The van der Waals surface area contributed by atoms with E-state index in [4.69, 9.17) is 5.73 Å². The Balaban J connectivity index is 2.12. The zero-order valence-corrected chi connectivity index (χ0v) is 11.4. The summed E-state index contributed by atoms with van der Waals surface area (Å²) in [6.07, 6.45) is 1.97. The highest BCUT2D eigenvalue weighted by Crippen LogP contribution is 2.26. The van der Waals surface area contributed by atoms with E-state index in [0.29, 0.717) is 17.8 Å². The third-order valence-corrected chi connectivity index (χ3v) is 4.39. The van der Waals surface area contributed by atoms with Crippen molar-refractivity contribution in [3.63, 3.8) is 0 Å². The Morgan fingerprint density at radius 3 is 3.00 bits per heavy atom. The average Bonchev–Trinajstić information content (AvgIpc) is 2.33. The first kappa shape index (κ1) is 12.9. The molecule has 3 nitrogen and oxygen atoms in total. The molecular weight excluding hydrogens is 230 g/mol. The SMILES string of the molecule is Cc1ccc(C(CN)N2CCSC(C)C2)cn1. The summed E-state index contributed by atoms with van der Waals surface area (Å²) in [5.41, 5.74) is 8.25. The average molecular weight is 251 g/mol. The first-order chi connectivity index (χ1) is 8.20. The molecule has 17 heavy (non-hydrogen) atoms. The fourth-order valence-electron chi connectivity index (χ4n) is 2.30. The molecular formula is C13H21N3S. The number of aromatic nitrogens is 1. The summed E-state index contributed by atoms with van der Waals surface area (Å²) >= 11 is 2.05. The van der Waals surface area contributed by atoms with Crippen LogP contribution in [0.25, 0.3) is 0 Å². The van der Waals surface area contributed by atoms with Crippen LogP contribution in [0.1, 0.15) is 24.2 Å². The van der Waals surface area contributed by atoms with Crippen molar-refractivity contribution in [1.82, 2.24) is 9.88 Å². The summed E-state index contributed by atoms with van der Waals surface area (Å²) in [5, 5.41) is 0.705. The molecule has 1 aliphatic rings. The predicted octanol–water partition coefficient (Wildman–Crippen LogP) is 1.83. The largest absolute Gasteiger partial charge is 0.329 e. The zero-order valence-electron chi connectivity index (χ0n) is 10.6. The Morgan fingerprint density at radius 1 is 1.59 bits per heavy atom. The van der Waals surface area contributed by atoms with Crippen LogP contribution in [-0.2, 0) is 0 Å². The maximum atomic E-state index is 5.94. The Hall–Kier alpha value is -0.580. The Labute approximate surface area is 108 Å². The molecule has 0 radical (unpaired) electrons. The standard InChI is InChI=1S/C13H21N3S/c1-10-3-4-12(8-15-10)13(7-14)16-5-6-17-11(2)9-16/h3-4,8,11,13H,5-7,9,14H2,1-2H3. The number of pyridine rings is 1. The molecule has 0 spiro atoms. The van der Waals surface area contributed by atoms with Crippen molar-refractivity contribution in [1.29, 1.82) is 0 Å². The van der Waals surface area contributed by atoms with Gasteiger partial charge in [-0.2, -0.15) is 11.8 Å². The molecule has 1 saturated heterocycles. The highest BCUT2D eigenvalue weighted by molar-refractivity contribution is 7.99. The molecule has 0 aliphatic carbocycles. The molecule has 2 N–H and O–H groups in total. The van der Waals surface area contributed by atoms with Crippen molar-refractivity contribution in [2.45, 2.75) is 25.1 Å². The lowest BCUT2D eigenvalue weighted by molar-refractivity contribution is 0.211. The van der Waals surface area contributed by atoms with E-state index in [9.17, 15) is 0 Å². The van der Waals surface area contributed by atoms with Crippen molar-refractivity contribution < 1.29 is 0 Å². The molecule has 1 aliphatic heterocycles. The van der Waals surface area contributed by atoms with Gasteiger partial charge in [0.15, 0.2) is 0 Å². The molecule has 2 atom stereocenters. The number of nitrogens with two attached hydrogens (primary N) is 1. The molecule has 94 valence electrons. The molecule has 1 aromatic heterocycles. The maximum Gasteiger partial charge on any atom is 0.0486 e. The topological polar surface area (TPSA) is 42.1 Å². The number of aryl methyl sites for hydroxylation is 1. The van der Waals surface area contributed by atoms with E-state index in [1.807, 2.05) is 24.9 Å². The van der Waals surface area contributed by atoms with E-state index >= 15 is 0 Å². The quantitative estimate of drug-likeness (QED) is 0.890. The molecule has 0 saturated carbocycles. The summed E-state index contributed by atoms with van der Waals surface area (Å²) in [7, 11) is 0. The van der Waals surface area contributed by atoms with E-state index in [2.05, 4.69) is 28.9 Å². The van der Waals surface area contributed by atoms with Gasteiger partial charge in [-0.25, -0.2) is 0 Å². The minimum Gasteiger partial charge on any atom is -0.329 e. The van der Waals surface area contributed by atoms with Gasteiger partial charge in [0.25, 0.3) is 0 Å². The summed E-state index contributed by atoms with van der Waals surface area (Å²) in [5.74, 6) is 1.21. The van der Waals surface area contributed by atoms with Gasteiger partial charge in [0.1, 0.15) is 0 Å². The minimum atomic E-state index is 0.325. The van der Waals surface area contributed by atoms with Gasteiger partial charge in [0.05, 0.1) is 0 Å². The number of rotatable bonds is 3. The van der Waals surface area contributed by atoms with Crippen molar-refractivity contribution in [2.24, 2.45) is 5.73 Å². The number of thioether (sulfide) groups is 1. The molecule has 2 rings (SSSR count). The van der Waals surface area contributed by atoms with Crippen molar-refractivity contribution >= 4 is 11.8 Å². The molecule has 4 heteroatoms. The highest BCUT2D eigenvalue weighted by Gasteiger charge is 2.24. The van der Waals surface area contributed by atoms with E-state index < -0.39 is 0 Å². The first-order valence-electron chi connectivity index (χ1n) is 6.19. The van der Waals surface area contributed by atoms with Crippen LogP contribution in [0.4, 0.5) is 0 Å². The lowest BCUT2D eigenvalue weighted by Gasteiger charge is -2.36. The van der Waals surface area contributed by atoms with Gasteiger partial charge in [-0.1, -0.05) is 13.0 Å². The molecule has 2 unspecified atom stereocenters. The van der Waals surface area contributed by atoms with E-state index in [0.717, 1.165) is 18.8 Å². The zero-order chi connectivity index (χ0) is 12.3. The van der Waals surface area contributed by atoms with Crippen molar-refractivity contribution in [2.75, 3.05) is 25.4 Å². The van der Waals surface area contributed by atoms with Gasteiger partial charge in [0.2, 0.25) is 0 Å². The van der Waals surface area contributed by atoms with Crippen molar-refractivity contribution in [3.8, 4) is 0 Å². The second-order valence-corrected chi connectivity index (χ2v) is 6.21. The molecule has 0 amide bonds. The highest BCUT2D eigenvalue weighted by atomic mass is 32.2. The normalized spacial score (nSPS) is 23.6. The molecule has 0 bridgehead atoms. The van der Waals surface area contributed by atoms with Crippen LogP contribution in [-0.4, -0.2) is 40.5 Å². The van der Waals surface area contributed by atoms with E-state index in [1.54, 1.807) is 0 Å². The Kier molecular flexibility index (Phi) is 4.42. The lowest BCUT2D eigenvalue weighted by atomic mass is 10.1. The maximum absolute atomic E-state index is 5.94. The summed E-state index contributed by atoms with van der Waals surface area (Å²) in [4.78, 5) is 6.87. The van der Waals surface area contributed by atoms with Crippen LogP contribution in [0.15, 0.2) is 18.3 Å². The van der Waals surface area contributed by atoms with Gasteiger partial charge < -0.3 is 5.73 Å². The lowest BCUT2D eigenvalue weighted by Crippen LogP contribution is -2.42. The monoisotopic (exact) mass is 251 g/mol. The fraction of sp³-hybridized carbons (Fsp3) is 0.615. The van der Waals surface area contributed by atoms with E-state index in [1.165, 1.54) is 11.3 Å². The van der Waals surface area contributed by atoms with E-state index in [-0.39, 0.29) is 0 Å². The summed E-state index contributed by atoms with van der Waals surface area (Å²) in [6, 6.07) is 4.55. The van der Waals surface area contributed by atoms with Crippen LogP contribution in [0.3, 0.4) is 0 Å². The number of nitrogens with zero attached hydrogens (tertiary/aromatic N) is 2. The molecule has 2 heterocycles. The molecule has 1 aromatic rings. The van der Waals surface area contributed by atoms with Crippen molar-refractivity contribution in [3.05, 3.63) is 29.6 Å². The van der Waals surface area contributed by atoms with Gasteiger partial charge in [-0.3, -0.25) is 9.88 Å². The second-order valence-electron chi connectivity index (χ2n) is 4.66. The van der Waals surface area contributed by atoms with Gasteiger partial charge in [-0.05, 0) is 18.6 Å². The smallest absolute Gasteiger partial charge is 0.0486 e. The Morgan fingerprint density at radius 2 is 2.41 bits per heavy atom. The number of hydrogen-bond acceptors (Lipinski definition) is 4. The van der Waals surface area contributed by atoms with Crippen LogP contribution < -0.4 is 5.73 Å². The molecule has 0 aromatic carbocycles. The summed E-state index contributed by atoms with van der Waals surface area (Å²) in [6.45, 7) is 7.23. The third-order valence-electron chi connectivity index (χ3n) is 3.26. The first-order valence-corrected chi connectivity index (χ1v) is 7.24. The fourth-order valence-corrected chi connectivity index (χ4v) is 3.34. The molecule has 1 fully saturated rings. The van der Waals surface area contributed by atoms with Crippen LogP contribution in [0.5, 0.6) is 0 Å². The second kappa shape index (κ2) is 5.85. The third kappa shape index (κ3) is 3.21.